The van der Waals surface area contributed by atoms with Gasteiger partial charge in [0.15, 0.2) is 30.9 Å². The van der Waals surface area contributed by atoms with Crippen LogP contribution in [0.2, 0.25) is 0 Å². The third-order valence-electron chi connectivity index (χ3n) is 20.0. The van der Waals surface area contributed by atoms with Crippen molar-refractivity contribution < 1.29 is 109 Å². The highest BCUT2D eigenvalue weighted by Gasteiger charge is 2.77. The highest BCUT2D eigenvalue weighted by Crippen LogP contribution is 2.72. The van der Waals surface area contributed by atoms with Crippen LogP contribution < -0.4 is 0 Å². The Bertz CT molecular complexity index is 1980. The van der Waals surface area contributed by atoms with E-state index >= 15 is 0 Å². The lowest BCUT2D eigenvalue weighted by Crippen LogP contribution is -2.66. The van der Waals surface area contributed by atoms with E-state index in [4.69, 9.17) is 47.4 Å². The lowest BCUT2D eigenvalue weighted by atomic mass is 9.46. The number of aliphatic hydroxyl groups excluding tert-OH is 11. The van der Waals surface area contributed by atoms with Gasteiger partial charge in [0.1, 0.15) is 91.1 Å². The van der Waals surface area contributed by atoms with Crippen molar-refractivity contribution in [3.63, 3.8) is 0 Å². The first-order valence-corrected chi connectivity index (χ1v) is 26.8. The Kier molecular flexibility index (Phi) is 15.3. The molecule has 0 aromatic heterocycles. The molecule has 73 heavy (non-hydrogen) atoms. The lowest BCUT2D eigenvalue weighted by molar-refractivity contribution is -0.391. The number of allylic oxidation sites excluding steroid dienone is 1. The van der Waals surface area contributed by atoms with Crippen molar-refractivity contribution in [2.75, 3.05) is 13.2 Å². The maximum atomic E-state index is 12.8. The fourth-order valence-electron chi connectivity index (χ4n) is 15.5. The average Bonchev–Trinajstić information content (AvgIpc) is 3.72. The van der Waals surface area contributed by atoms with Crippen LogP contribution in [0.4, 0.5) is 0 Å². The molecule has 1 spiro atoms. The first-order chi connectivity index (χ1) is 34.4. The molecule has 6 heterocycles. The van der Waals surface area contributed by atoms with Gasteiger partial charge in [-0.15, -0.1) is 0 Å². The molecule has 0 bridgehead atoms. The normalized spacial score (nSPS) is 59.2. The van der Waals surface area contributed by atoms with Gasteiger partial charge in [0, 0.05) is 11.3 Å². The molecule has 22 heteroatoms. The Morgan fingerprint density at radius 2 is 1.18 bits per heavy atom. The Balaban J connectivity index is 0.756. The highest BCUT2D eigenvalue weighted by atomic mass is 16.8. The summed E-state index contributed by atoms with van der Waals surface area (Å²) < 4.78 is 60.7. The second-order valence-corrected chi connectivity index (χ2v) is 24.1. The summed E-state index contributed by atoms with van der Waals surface area (Å²) in [4.78, 5) is 0. The van der Waals surface area contributed by atoms with E-state index in [1.807, 2.05) is 13.8 Å². The molecule has 9 fully saturated rings. The van der Waals surface area contributed by atoms with Crippen molar-refractivity contribution in [3.8, 4) is 0 Å². The van der Waals surface area contributed by atoms with E-state index in [-0.39, 0.29) is 23.4 Å². The number of rotatable bonds is 9. The van der Waals surface area contributed by atoms with E-state index in [9.17, 15) is 61.3 Å². The van der Waals surface area contributed by atoms with Gasteiger partial charge in [0.2, 0.25) is 0 Å². The Morgan fingerprint density at radius 3 is 1.85 bits per heavy atom. The molecule has 10 rings (SSSR count). The number of ether oxygens (including phenoxy) is 10. The summed E-state index contributed by atoms with van der Waals surface area (Å²) in [5, 5.41) is 133. The number of fused-ring (bicyclic) bond motifs is 7. The molecule has 3 saturated carbocycles. The van der Waals surface area contributed by atoms with Crippen LogP contribution in [0.1, 0.15) is 99.8 Å². The molecule has 22 nitrogen and oxygen atoms in total. The lowest BCUT2D eigenvalue weighted by Gasteiger charge is -2.60. The van der Waals surface area contributed by atoms with Crippen molar-refractivity contribution in [2.24, 2.45) is 40.4 Å². The minimum absolute atomic E-state index is 0.134. The molecule has 32 atom stereocenters. The molecular formula is C51H82O22. The minimum atomic E-state index is -1.87. The SMILES string of the molecule is C[C@H]1CO[C@@]2(O[C@H]3C[C@H]4[C@@H]5CC=C6C[C@@H](O[C@@H]7O[C@H](CO)[C@@H](O[C@@H]8O[C@@H](C)[C@H](O[C@@H]9O[C@@H](C)[C@H](O)[C@@H](O)[C@H]9O[C@@H]9O[C@@H](C)[C@H](O)[C@@H](O)[C@H]9O)[C@@H](O)[C@H]8O)[C@H](O)[C@H]7O)CC[C@]6(C)[C@H]5CC[C@]4(C)[C@@]3(O)[C@@H]2C)C(O)C1. The van der Waals surface area contributed by atoms with Crippen LogP contribution in [-0.2, 0) is 47.4 Å². The van der Waals surface area contributed by atoms with Crippen molar-refractivity contribution in [3.05, 3.63) is 11.6 Å². The fourth-order valence-corrected chi connectivity index (χ4v) is 15.5. The van der Waals surface area contributed by atoms with Crippen molar-refractivity contribution >= 4 is 0 Å². The minimum Gasteiger partial charge on any atom is -0.394 e. The van der Waals surface area contributed by atoms with Gasteiger partial charge in [-0.25, -0.2) is 0 Å². The molecule has 0 aromatic rings. The van der Waals surface area contributed by atoms with Crippen LogP contribution in [0.25, 0.3) is 0 Å². The summed E-state index contributed by atoms with van der Waals surface area (Å²) >= 11 is 0. The van der Waals surface area contributed by atoms with E-state index in [1.54, 1.807) is 0 Å². The zero-order valence-electron chi connectivity index (χ0n) is 42.8. The first kappa shape index (κ1) is 55.2. The molecule has 12 N–H and O–H groups in total. The Hall–Kier alpha value is -1.14. The molecule has 6 aliphatic heterocycles. The van der Waals surface area contributed by atoms with Gasteiger partial charge in [0.05, 0.1) is 43.7 Å². The van der Waals surface area contributed by atoms with Crippen LogP contribution in [0, 0.1) is 40.4 Å². The Morgan fingerprint density at radius 1 is 0.603 bits per heavy atom. The molecule has 0 amide bonds. The van der Waals surface area contributed by atoms with Crippen molar-refractivity contribution in [1.29, 1.82) is 0 Å². The molecule has 418 valence electrons. The summed E-state index contributed by atoms with van der Waals surface area (Å²) in [5.74, 6) is -0.529. The molecule has 10 aliphatic rings. The monoisotopic (exact) mass is 1050 g/mol. The average molecular weight is 1050 g/mol. The molecule has 1 unspecified atom stereocenters. The predicted molar refractivity (Wildman–Crippen MR) is 247 cm³/mol. The third-order valence-corrected chi connectivity index (χ3v) is 20.0. The van der Waals surface area contributed by atoms with E-state index in [0.717, 1.165) is 25.7 Å². The smallest absolute Gasteiger partial charge is 0.200 e. The summed E-state index contributed by atoms with van der Waals surface area (Å²) in [6.07, 6.45) is -23.8. The number of hydrogen-bond acceptors (Lipinski definition) is 22. The molecule has 0 radical (unpaired) electrons. The van der Waals surface area contributed by atoms with Gasteiger partial charge in [-0.2, -0.15) is 0 Å². The van der Waals surface area contributed by atoms with E-state index in [0.29, 0.717) is 44.1 Å². The third kappa shape index (κ3) is 8.76. The van der Waals surface area contributed by atoms with Gasteiger partial charge >= 0.3 is 0 Å². The summed E-state index contributed by atoms with van der Waals surface area (Å²) in [6.45, 7) is 12.7. The largest absolute Gasteiger partial charge is 0.394 e. The first-order valence-electron chi connectivity index (χ1n) is 26.8. The number of hydrogen-bond donors (Lipinski definition) is 12. The maximum Gasteiger partial charge on any atom is 0.200 e. The van der Waals surface area contributed by atoms with E-state index in [1.165, 1.54) is 26.3 Å². The van der Waals surface area contributed by atoms with Crippen molar-refractivity contribution in [2.45, 2.75) is 252 Å². The van der Waals surface area contributed by atoms with Gasteiger partial charge in [-0.1, -0.05) is 39.3 Å². The summed E-state index contributed by atoms with van der Waals surface area (Å²) in [7, 11) is 0. The van der Waals surface area contributed by atoms with Crippen LogP contribution in [0.5, 0.6) is 0 Å². The second-order valence-electron chi connectivity index (χ2n) is 24.1. The topological polar surface area (TPSA) is 335 Å². The van der Waals surface area contributed by atoms with Crippen LogP contribution in [0.15, 0.2) is 11.6 Å². The zero-order valence-corrected chi connectivity index (χ0v) is 42.8. The standard InChI is InChI=1S/C51H82O22/c1-19-14-30(53)51(64-18-19)23(5)50(63)31(73-51)16-28-26-9-8-24-15-25(10-12-48(24,6)27(26)11-13-49(28,50)7)68-46-40(62)37(59)42(29(17-52)69-46)71-45-39(61)36(58)41(22(4)67-45)70-47-43(35(57)33(55)21(3)66-47)72-44-38(60)34(56)32(54)20(2)65-44/h8,19-23,25-47,52-63H,9-18H2,1-7H3/t19-,20+,21+,22+,23+,25+,26-,27+,28+,29-,30?,31+,32+,33+,34-,35-,36+,37-,38-,39-,40-,41+,42-,43-,44+,45+,46-,47+,48+,49+,50-,51+/m1/s1. The Labute approximate surface area is 425 Å². The van der Waals surface area contributed by atoms with E-state index < -0.39 is 164 Å². The van der Waals surface area contributed by atoms with Gasteiger partial charge in [-0.3, -0.25) is 0 Å². The second kappa shape index (κ2) is 20.2. The molecule has 0 aromatic carbocycles. The summed E-state index contributed by atoms with van der Waals surface area (Å²) in [5.41, 5.74) is -0.447. The highest BCUT2D eigenvalue weighted by molar-refractivity contribution is 5.29. The molecule has 4 aliphatic carbocycles. The summed E-state index contributed by atoms with van der Waals surface area (Å²) in [6, 6.07) is 0. The van der Waals surface area contributed by atoms with Crippen LogP contribution >= 0.6 is 0 Å². The van der Waals surface area contributed by atoms with Crippen LogP contribution in [0.3, 0.4) is 0 Å². The quantitative estimate of drug-likeness (QED) is 0.113. The van der Waals surface area contributed by atoms with Gasteiger partial charge in [0.25, 0.3) is 0 Å². The molecular weight excluding hydrogens is 965 g/mol. The van der Waals surface area contributed by atoms with Gasteiger partial charge in [-0.05, 0) is 101 Å². The predicted octanol–water partition coefficient (Wildman–Crippen LogP) is -1.82. The fraction of sp³-hybridized carbons (Fsp3) is 0.961. The van der Waals surface area contributed by atoms with Crippen LogP contribution in [-0.4, -0.2) is 227 Å². The molecule has 6 saturated heterocycles. The van der Waals surface area contributed by atoms with Gasteiger partial charge < -0.3 is 109 Å². The van der Waals surface area contributed by atoms with E-state index in [2.05, 4.69) is 19.9 Å². The number of aliphatic hydroxyl groups is 12. The maximum absolute atomic E-state index is 12.8. The zero-order chi connectivity index (χ0) is 52.6. The van der Waals surface area contributed by atoms with Crippen molar-refractivity contribution in [1.82, 2.24) is 0 Å².